The van der Waals surface area contributed by atoms with Crippen molar-refractivity contribution in [2.75, 3.05) is 0 Å². The van der Waals surface area contributed by atoms with Crippen LogP contribution >= 0.6 is 8.60 Å². The zero-order valence-corrected chi connectivity index (χ0v) is 10.6. The van der Waals surface area contributed by atoms with E-state index in [2.05, 4.69) is 20.8 Å². The summed E-state index contributed by atoms with van der Waals surface area (Å²) in [6.07, 6.45) is 1.11. The van der Waals surface area contributed by atoms with Crippen molar-refractivity contribution in [2.24, 2.45) is 0 Å². The first kappa shape index (κ1) is 15.3. The SMILES string of the molecule is CCC(C)(C)c1ccc(O)cc1.OP(O)O. The topological polar surface area (TPSA) is 80.9 Å². The first-order chi connectivity index (χ1) is 7.29. The maximum Gasteiger partial charge on any atom is 0.324 e. The number of aromatic hydroxyl groups is 1. The van der Waals surface area contributed by atoms with Crippen LogP contribution in [0.3, 0.4) is 0 Å². The fourth-order valence-corrected chi connectivity index (χ4v) is 1.12. The highest BCUT2D eigenvalue weighted by Crippen LogP contribution is 2.27. The minimum atomic E-state index is -2.62. The average Bonchev–Trinajstić information content (AvgIpc) is 2.17. The smallest absolute Gasteiger partial charge is 0.324 e. The molecule has 0 aromatic heterocycles. The highest BCUT2D eigenvalue weighted by atomic mass is 31.2. The van der Waals surface area contributed by atoms with Gasteiger partial charge in [-0.2, -0.15) is 0 Å². The lowest BCUT2D eigenvalue weighted by Crippen LogP contribution is -2.14. The first-order valence-electron chi connectivity index (χ1n) is 4.96. The van der Waals surface area contributed by atoms with Crippen molar-refractivity contribution in [2.45, 2.75) is 32.6 Å². The number of rotatable bonds is 2. The molecule has 16 heavy (non-hydrogen) atoms. The normalized spacial score (nSPS) is 10.9. The molecule has 1 aromatic rings. The Morgan fingerprint density at radius 3 is 1.75 bits per heavy atom. The molecule has 92 valence electrons. The Morgan fingerprint density at radius 2 is 1.44 bits per heavy atom. The van der Waals surface area contributed by atoms with Crippen molar-refractivity contribution in [1.82, 2.24) is 0 Å². The highest BCUT2D eigenvalue weighted by molar-refractivity contribution is 7.38. The summed E-state index contributed by atoms with van der Waals surface area (Å²) in [4.78, 5) is 21.7. The number of phenols is 1. The molecule has 0 aliphatic carbocycles. The van der Waals surface area contributed by atoms with Crippen molar-refractivity contribution >= 4 is 8.60 Å². The summed E-state index contributed by atoms with van der Waals surface area (Å²) in [5.41, 5.74) is 1.50. The lowest BCUT2D eigenvalue weighted by atomic mass is 9.82. The lowest BCUT2D eigenvalue weighted by Gasteiger charge is -2.22. The van der Waals surface area contributed by atoms with Gasteiger partial charge in [-0.1, -0.05) is 32.9 Å². The molecule has 0 radical (unpaired) electrons. The van der Waals surface area contributed by atoms with E-state index in [1.54, 1.807) is 12.1 Å². The van der Waals surface area contributed by atoms with Gasteiger partial charge in [-0.3, -0.25) is 0 Å². The van der Waals surface area contributed by atoms with Gasteiger partial charge < -0.3 is 19.8 Å². The van der Waals surface area contributed by atoms with Crippen LogP contribution in [0.4, 0.5) is 0 Å². The highest BCUT2D eigenvalue weighted by Gasteiger charge is 2.17. The molecule has 5 heteroatoms. The molecule has 0 amide bonds. The van der Waals surface area contributed by atoms with Crippen LogP contribution in [-0.2, 0) is 5.41 Å². The quantitative estimate of drug-likeness (QED) is 0.603. The number of hydrogen-bond acceptors (Lipinski definition) is 4. The average molecular weight is 246 g/mol. The van der Waals surface area contributed by atoms with Crippen molar-refractivity contribution in [3.63, 3.8) is 0 Å². The number of phenolic OH excluding ortho intramolecular Hbond substituents is 1. The third kappa shape index (κ3) is 6.03. The van der Waals surface area contributed by atoms with Crippen LogP contribution in [0.2, 0.25) is 0 Å². The third-order valence-corrected chi connectivity index (χ3v) is 2.53. The van der Waals surface area contributed by atoms with E-state index in [0.717, 1.165) is 6.42 Å². The molecule has 0 atom stereocenters. The maximum absolute atomic E-state index is 9.10. The Morgan fingerprint density at radius 1 is 1.06 bits per heavy atom. The monoisotopic (exact) mass is 246 g/mol. The van der Waals surface area contributed by atoms with Gasteiger partial charge in [0.25, 0.3) is 0 Å². The van der Waals surface area contributed by atoms with Gasteiger partial charge in [0.15, 0.2) is 0 Å². The third-order valence-electron chi connectivity index (χ3n) is 2.53. The molecule has 0 aliphatic rings. The lowest BCUT2D eigenvalue weighted by molar-refractivity contribution is 0.368. The molecule has 0 bridgehead atoms. The Hall–Kier alpha value is -0.670. The Labute approximate surface area is 97.2 Å². The summed E-state index contributed by atoms with van der Waals surface area (Å²) >= 11 is 0. The molecule has 4 N–H and O–H groups in total. The molecular weight excluding hydrogens is 227 g/mol. The van der Waals surface area contributed by atoms with Gasteiger partial charge in [-0.15, -0.1) is 0 Å². The predicted molar refractivity (Wildman–Crippen MR) is 65.0 cm³/mol. The van der Waals surface area contributed by atoms with Gasteiger partial charge in [-0.05, 0) is 29.5 Å². The van der Waals surface area contributed by atoms with E-state index >= 15 is 0 Å². The molecule has 4 nitrogen and oxygen atoms in total. The molecule has 0 fully saturated rings. The van der Waals surface area contributed by atoms with Crippen molar-refractivity contribution in [1.29, 1.82) is 0 Å². The zero-order valence-electron chi connectivity index (χ0n) is 9.75. The molecular formula is C11H19O4P. The second kappa shape index (κ2) is 6.81. The number of benzene rings is 1. The van der Waals surface area contributed by atoms with Crippen LogP contribution in [-0.4, -0.2) is 19.8 Å². The van der Waals surface area contributed by atoms with Crippen LogP contribution in [0.1, 0.15) is 32.8 Å². The van der Waals surface area contributed by atoms with Crippen molar-refractivity contribution in [3.05, 3.63) is 29.8 Å². The van der Waals surface area contributed by atoms with Gasteiger partial charge in [-0.25, -0.2) is 0 Å². The van der Waals surface area contributed by atoms with Crippen LogP contribution in [0.15, 0.2) is 24.3 Å². The van der Waals surface area contributed by atoms with Crippen molar-refractivity contribution < 1.29 is 19.8 Å². The van der Waals surface area contributed by atoms with Crippen LogP contribution in [0.25, 0.3) is 0 Å². The first-order valence-corrected chi connectivity index (χ1v) is 6.16. The van der Waals surface area contributed by atoms with Gasteiger partial charge >= 0.3 is 8.60 Å². The second-order valence-electron chi connectivity index (χ2n) is 4.05. The van der Waals surface area contributed by atoms with Crippen LogP contribution in [0, 0.1) is 0 Å². The van der Waals surface area contributed by atoms with E-state index in [0.29, 0.717) is 5.75 Å². The Bertz CT molecular complexity index is 293. The zero-order chi connectivity index (χ0) is 12.8. The molecule has 1 rings (SSSR count). The van der Waals surface area contributed by atoms with Crippen LogP contribution in [0.5, 0.6) is 5.75 Å². The summed E-state index contributed by atoms with van der Waals surface area (Å²) in [6.45, 7) is 6.59. The van der Waals surface area contributed by atoms with E-state index in [-0.39, 0.29) is 5.41 Å². The molecule has 0 spiro atoms. The fraction of sp³-hybridized carbons (Fsp3) is 0.455. The molecule has 0 unspecified atom stereocenters. The summed E-state index contributed by atoms with van der Waals surface area (Å²) in [5, 5.41) is 9.10. The van der Waals surface area contributed by atoms with Gasteiger partial charge in [0.2, 0.25) is 0 Å². The minimum Gasteiger partial charge on any atom is -0.508 e. The molecule has 0 aliphatic heterocycles. The van der Waals surface area contributed by atoms with E-state index in [1.807, 2.05) is 12.1 Å². The molecule has 0 saturated heterocycles. The minimum absolute atomic E-state index is 0.216. The summed E-state index contributed by atoms with van der Waals surface area (Å²) in [5.74, 6) is 0.339. The number of hydrogen-bond donors (Lipinski definition) is 4. The fourth-order valence-electron chi connectivity index (χ4n) is 1.12. The van der Waals surface area contributed by atoms with Crippen molar-refractivity contribution in [3.8, 4) is 5.75 Å². The molecule has 0 saturated carbocycles. The molecule has 1 aromatic carbocycles. The predicted octanol–water partition coefficient (Wildman–Crippen LogP) is 2.27. The van der Waals surface area contributed by atoms with Gasteiger partial charge in [0, 0.05) is 0 Å². The Kier molecular flexibility index (Phi) is 6.53. The van der Waals surface area contributed by atoms with E-state index in [1.165, 1.54) is 5.56 Å². The largest absolute Gasteiger partial charge is 0.508 e. The summed E-state index contributed by atoms with van der Waals surface area (Å²) < 4.78 is 0. The maximum atomic E-state index is 9.10. The van der Waals surface area contributed by atoms with E-state index in [9.17, 15) is 0 Å². The van der Waals surface area contributed by atoms with E-state index in [4.69, 9.17) is 19.8 Å². The standard InChI is InChI=1S/C11H16O.H3O3P/c1-4-11(2,3)9-5-7-10(12)8-6-9;1-4(2)3/h5-8,12H,4H2,1-3H3;1-3H. The summed E-state index contributed by atoms with van der Waals surface area (Å²) in [7, 11) is -2.62. The Balaban J connectivity index is 0.000000487. The van der Waals surface area contributed by atoms with E-state index < -0.39 is 8.60 Å². The van der Waals surface area contributed by atoms with Crippen LogP contribution < -0.4 is 0 Å². The van der Waals surface area contributed by atoms with Gasteiger partial charge in [0.05, 0.1) is 0 Å². The second-order valence-corrected chi connectivity index (χ2v) is 4.59. The molecule has 0 heterocycles. The summed E-state index contributed by atoms with van der Waals surface area (Å²) in [6, 6.07) is 7.46. The van der Waals surface area contributed by atoms with Gasteiger partial charge in [0.1, 0.15) is 5.75 Å².